The molecule has 9 heteroatoms. The van der Waals surface area contributed by atoms with Crippen molar-refractivity contribution in [1.29, 1.82) is 0 Å². The Morgan fingerprint density at radius 2 is 1.83 bits per heavy atom. The Labute approximate surface area is 168 Å². The molecule has 2 aromatic carbocycles. The van der Waals surface area contributed by atoms with E-state index in [-0.39, 0.29) is 23.8 Å². The minimum atomic E-state index is -4.04. The number of ether oxygens (including phenoxy) is 1. The summed E-state index contributed by atoms with van der Waals surface area (Å²) < 4.78 is 45.8. The summed E-state index contributed by atoms with van der Waals surface area (Å²) in [6, 6.07) is 12.5. The van der Waals surface area contributed by atoms with Crippen LogP contribution in [-0.4, -0.2) is 45.9 Å². The lowest BCUT2D eigenvalue weighted by atomic mass is 9.77. The molecule has 0 bridgehead atoms. The Hall–Kier alpha value is -2.78. The highest BCUT2D eigenvalue weighted by Crippen LogP contribution is 2.47. The van der Waals surface area contributed by atoms with Crippen molar-refractivity contribution in [3.05, 3.63) is 66.0 Å². The van der Waals surface area contributed by atoms with Crippen molar-refractivity contribution in [1.82, 2.24) is 9.62 Å². The number of nitrogens with zero attached hydrogens (tertiary/aromatic N) is 1. The van der Waals surface area contributed by atoms with E-state index in [1.165, 1.54) is 12.0 Å². The van der Waals surface area contributed by atoms with Gasteiger partial charge in [0.1, 0.15) is 11.2 Å². The number of hydrogen-bond donors (Lipinski definition) is 1. The highest BCUT2D eigenvalue weighted by Gasteiger charge is 2.57. The van der Waals surface area contributed by atoms with Crippen molar-refractivity contribution in [2.75, 3.05) is 20.7 Å². The van der Waals surface area contributed by atoms with Gasteiger partial charge >= 0.3 is 5.97 Å². The Balaban J connectivity index is 1.99. The highest BCUT2D eigenvalue weighted by molar-refractivity contribution is 7.89. The zero-order chi connectivity index (χ0) is 21.2. The third kappa shape index (κ3) is 3.88. The number of nitrogens with one attached hydrogen (secondary N) is 1. The number of esters is 1. The number of likely N-dealkylation sites (tertiary alicyclic amines) is 1. The van der Waals surface area contributed by atoms with Crippen molar-refractivity contribution in [3.8, 4) is 0 Å². The molecule has 29 heavy (non-hydrogen) atoms. The molecular formula is C20H21FN2O5S. The molecule has 1 N–H and O–H groups in total. The average Bonchev–Trinajstić information content (AvgIpc) is 2.98. The van der Waals surface area contributed by atoms with Gasteiger partial charge in [0.25, 0.3) is 0 Å². The number of benzene rings is 2. The van der Waals surface area contributed by atoms with Gasteiger partial charge in [-0.3, -0.25) is 9.59 Å². The molecule has 0 radical (unpaired) electrons. The number of carbonyl (C=O) groups is 2. The van der Waals surface area contributed by atoms with Gasteiger partial charge in [-0.25, -0.2) is 17.5 Å². The minimum absolute atomic E-state index is 0.146. The summed E-state index contributed by atoms with van der Waals surface area (Å²) in [5.41, 5.74) is -0.762. The standard InChI is InChI=1S/C20H21FN2O5S/c1-23-17(24)12-20(19(25)28-2,18(23)14-6-4-3-5-7-14)13-22-29(26,27)16-10-8-15(21)9-11-16/h3-11,18,22H,12-13H2,1-2H3/t18-,20+/m1/s1. The Morgan fingerprint density at radius 1 is 1.21 bits per heavy atom. The molecule has 0 saturated carbocycles. The molecule has 1 aliphatic rings. The average molecular weight is 420 g/mol. The number of hydrogen-bond acceptors (Lipinski definition) is 5. The molecule has 1 amide bonds. The van der Waals surface area contributed by atoms with E-state index in [4.69, 9.17) is 4.74 Å². The topological polar surface area (TPSA) is 92.8 Å². The van der Waals surface area contributed by atoms with Gasteiger partial charge < -0.3 is 9.64 Å². The van der Waals surface area contributed by atoms with Crippen molar-refractivity contribution >= 4 is 21.9 Å². The second kappa shape index (κ2) is 7.92. The van der Waals surface area contributed by atoms with E-state index in [0.717, 1.165) is 24.3 Å². The molecule has 1 fully saturated rings. The van der Waals surface area contributed by atoms with E-state index in [0.29, 0.717) is 5.56 Å². The summed E-state index contributed by atoms with van der Waals surface area (Å²) in [6.45, 7) is -0.352. The molecule has 1 heterocycles. The van der Waals surface area contributed by atoms with Crippen molar-refractivity contribution < 1.29 is 27.1 Å². The van der Waals surface area contributed by atoms with E-state index in [9.17, 15) is 22.4 Å². The fourth-order valence-corrected chi connectivity index (χ4v) is 4.83. The molecule has 2 aromatic rings. The van der Waals surface area contributed by atoms with E-state index in [1.807, 2.05) is 0 Å². The molecule has 0 unspecified atom stereocenters. The van der Waals surface area contributed by atoms with Crippen LogP contribution in [0.4, 0.5) is 4.39 Å². The first-order chi connectivity index (χ1) is 13.7. The van der Waals surface area contributed by atoms with E-state index in [2.05, 4.69) is 4.72 Å². The number of sulfonamides is 1. The molecule has 1 aliphatic heterocycles. The maximum atomic E-state index is 13.1. The monoisotopic (exact) mass is 420 g/mol. The predicted octanol–water partition coefficient (Wildman–Crippen LogP) is 1.87. The molecular weight excluding hydrogens is 399 g/mol. The molecule has 0 aliphatic carbocycles. The van der Waals surface area contributed by atoms with Crippen LogP contribution < -0.4 is 4.72 Å². The zero-order valence-corrected chi connectivity index (χ0v) is 16.8. The molecule has 7 nitrogen and oxygen atoms in total. The lowest BCUT2D eigenvalue weighted by Crippen LogP contribution is -2.47. The second-order valence-corrected chi connectivity index (χ2v) is 8.69. The van der Waals surface area contributed by atoms with Crippen LogP contribution in [0, 0.1) is 11.2 Å². The van der Waals surface area contributed by atoms with E-state index >= 15 is 0 Å². The van der Waals surface area contributed by atoms with Crippen LogP contribution in [0.25, 0.3) is 0 Å². The number of halogens is 1. The van der Waals surface area contributed by atoms with Gasteiger partial charge in [0, 0.05) is 20.0 Å². The fraction of sp³-hybridized carbons (Fsp3) is 0.300. The number of amides is 1. The van der Waals surface area contributed by atoms with Crippen LogP contribution in [0.5, 0.6) is 0 Å². The van der Waals surface area contributed by atoms with Gasteiger partial charge in [0.2, 0.25) is 15.9 Å². The summed E-state index contributed by atoms with van der Waals surface area (Å²) >= 11 is 0. The number of methoxy groups -OCH3 is 1. The summed E-state index contributed by atoms with van der Waals surface area (Å²) in [4.78, 5) is 26.6. The second-order valence-electron chi connectivity index (χ2n) is 6.92. The zero-order valence-electron chi connectivity index (χ0n) is 16.0. The van der Waals surface area contributed by atoms with Gasteiger partial charge in [0.15, 0.2) is 0 Å². The maximum Gasteiger partial charge on any atom is 0.316 e. The maximum absolute atomic E-state index is 13.1. The van der Waals surface area contributed by atoms with Crippen molar-refractivity contribution in [2.45, 2.75) is 17.4 Å². The highest BCUT2D eigenvalue weighted by atomic mass is 32.2. The third-order valence-electron chi connectivity index (χ3n) is 5.18. The lowest BCUT2D eigenvalue weighted by molar-refractivity contribution is -0.154. The van der Waals surface area contributed by atoms with Crippen LogP contribution in [0.2, 0.25) is 0 Å². The molecule has 3 rings (SSSR count). The van der Waals surface area contributed by atoms with Crippen LogP contribution in [0.3, 0.4) is 0 Å². The Bertz CT molecular complexity index is 1010. The quantitative estimate of drug-likeness (QED) is 0.721. The predicted molar refractivity (Wildman–Crippen MR) is 103 cm³/mol. The van der Waals surface area contributed by atoms with Crippen LogP contribution in [0.1, 0.15) is 18.0 Å². The molecule has 1 saturated heterocycles. The first-order valence-electron chi connectivity index (χ1n) is 8.85. The van der Waals surface area contributed by atoms with Gasteiger partial charge in [-0.2, -0.15) is 0 Å². The SMILES string of the molecule is COC(=O)[C@]1(CNS(=O)(=O)c2ccc(F)cc2)CC(=O)N(C)[C@@H]1c1ccccc1. The first-order valence-corrected chi connectivity index (χ1v) is 10.3. The largest absolute Gasteiger partial charge is 0.468 e. The summed E-state index contributed by atoms with van der Waals surface area (Å²) in [7, 11) is -1.27. The summed E-state index contributed by atoms with van der Waals surface area (Å²) in [6.07, 6.45) is -0.207. The normalized spacial score (nSPS) is 22.0. The fourth-order valence-electron chi connectivity index (χ4n) is 3.72. The van der Waals surface area contributed by atoms with Crippen molar-refractivity contribution in [3.63, 3.8) is 0 Å². The third-order valence-corrected chi connectivity index (χ3v) is 6.60. The molecule has 0 spiro atoms. The smallest absolute Gasteiger partial charge is 0.316 e. The van der Waals surface area contributed by atoms with Crippen LogP contribution in [0.15, 0.2) is 59.5 Å². The Morgan fingerprint density at radius 3 is 2.41 bits per heavy atom. The van der Waals surface area contributed by atoms with Gasteiger partial charge in [-0.1, -0.05) is 30.3 Å². The molecule has 154 valence electrons. The number of carbonyl (C=O) groups excluding carboxylic acids is 2. The lowest BCUT2D eigenvalue weighted by Gasteiger charge is -2.34. The van der Waals surface area contributed by atoms with Gasteiger partial charge in [0.05, 0.1) is 18.0 Å². The summed E-state index contributed by atoms with van der Waals surface area (Å²) in [5, 5.41) is 0. The molecule has 2 atom stereocenters. The number of rotatable bonds is 6. The van der Waals surface area contributed by atoms with Crippen LogP contribution >= 0.6 is 0 Å². The van der Waals surface area contributed by atoms with Gasteiger partial charge in [-0.05, 0) is 29.8 Å². The van der Waals surface area contributed by atoms with E-state index < -0.39 is 33.3 Å². The minimum Gasteiger partial charge on any atom is -0.468 e. The molecule has 0 aromatic heterocycles. The van der Waals surface area contributed by atoms with E-state index in [1.54, 1.807) is 37.4 Å². The summed E-state index contributed by atoms with van der Waals surface area (Å²) in [5.74, 6) is -1.56. The van der Waals surface area contributed by atoms with Gasteiger partial charge in [-0.15, -0.1) is 0 Å². The Kier molecular flexibility index (Phi) is 5.72. The first kappa shape index (κ1) is 20.9. The van der Waals surface area contributed by atoms with Crippen molar-refractivity contribution in [2.24, 2.45) is 5.41 Å². The van der Waals surface area contributed by atoms with Crippen LogP contribution in [-0.2, 0) is 24.3 Å².